The first kappa shape index (κ1) is 15.0. The molecular formula is C16H17ClN2O3. The largest absolute Gasteiger partial charge is 0.486 e. The number of rotatable bonds is 4. The first-order valence-electron chi connectivity index (χ1n) is 7.32. The highest BCUT2D eigenvalue weighted by Gasteiger charge is 2.42. The first-order chi connectivity index (χ1) is 10.5. The van der Waals surface area contributed by atoms with E-state index in [-0.39, 0.29) is 18.2 Å². The number of carbonyl (C=O) groups is 1. The van der Waals surface area contributed by atoms with Crippen molar-refractivity contribution in [1.29, 1.82) is 5.26 Å². The van der Waals surface area contributed by atoms with Gasteiger partial charge in [0.05, 0.1) is 17.5 Å². The van der Waals surface area contributed by atoms with Gasteiger partial charge in [0.25, 0.3) is 0 Å². The molecule has 1 amide bonds. The fourth-order valence-electron chi connectivity index (χ4n) is 2.67. The van der Waals surface area contributed by atoms with Crippen LogP contribution in [0.3, 0.4) is 0 Å². The molecule has 1 aromatic rings. The van der Waals surface area contributed by atoms with Gasteiger partial charge in [-0.25, -0.2) is 0 Å². The lowest BCUT2D eigenvalue weighted by Crippen LogP contribution is -2.47. The smallest absolute Gasteiger partial charge is 0.225 e. The van der Waals surface area contributed by atoms with E-state index in [4.69, 9.17) is 21.1 Å². The summed E-state index contributed by atoms with van der Waals surface area (Å²) in [7, 11) is 0. The van der Waals surface area contributed by atoms with Gasteiger partial charge in [-0.3, -0.25) is 4.79 Å². The van der Waals surface area contributed by atoms with Gasteiger partial charge in [-0.15, -0.1) is 0 Å². The topological polar surface area (TPSA) is 71.4 Å². The lowest BCUT2D eigenvalue weighted by molar-refractivity contribution is -0.121. The highest BCUT2D eigenvalue weighted by Crippen LogP contribution is 2.40. The van der Waals surface area contributed by atoms with Crippen LogP contribution >= 0.6 is 11.6 Å². The normalized spacial score (nSPS) is 19.0. The molecule has 1 aliphatic heterocycles. The van der Waals surface area contributed by atoms with Crippen LogP contribution in [0.15, 0.2) is 12.1 Å². The monoisotopic (exact) mass is 320 g/mol. The van der Waals surface area contributed by atoms with Crippen LogP contribution in [0.4, 0.5) is 0 Å². The lowest BCUT2D eigenvalue weighted by Gasteiger charge is -2.23. The first-order valence-corrected chi connectivity index (χ1v) is 7.70. The number of nitrogens with one attached hydrogen (secondary N) is 1. The van der Waals surface area contributed by atoms with Crippen LogP contribution in [-0.2, 0) is 11.2 Å². The molecule has 1 heterocycles. The predicted octanol–water partition coefficient (Wildman–Crippen LogP) is 2.46. The van der Waals surface area contributed by atoms with Crippen molar-refractivity contribution in [2.24, 2.45) is 5.92 Å². The van der Waals surface area contributed by atoms with E-state index in [9.17, 15) is 10.1 Å². The van der Waals surface area contributed by atoms with Crippen LogP contribution in [0.25, 0.3) is 0 Å². The second kappa shape index (κ2) is 5.69. The lowest BCUT2D eigenvalue weighted by atomic mass is 9.97. The SMILES string of the molecule is CC(C#N)(NC(=O)Cc1cc(Cl)c2c(c1)OCCO2)C1CC1. The molecule has 1 N–H and O–H groups in total. The number of hydrogen-bond acceptors (Lipinski definition) is 4. The molecule has 0 saturated heterocycles. The number of fused-ring (bicyclic) bond motifs is 1. The number of amides is 1. The van der Waals surface area contributed by atoms with Crippen molar-refractivity contribution in [3.63, 3.8) is 0 Å². The maximum atomic E-state index is 12.2. The fourth-order valence-corrected chi connectivity index (χ4v) is 2.96. The summed E-state index contributed by atoms with van der Waals surface area (Å²) in [5.74, 6) is 1.15. The number of hydrogen-bond donors (Lipinski definition) is 1. The molecule has 1 atom stereocenters. The van der Waals surface area contributed by atoms with Gasteiger partial charge in [-0.05, 0) is 43.4 Å². The summed E-state index contributed by atoms with van der Waals surface area (Å²) in [6.07, 6.45) is 2.13. The molecule has 1 saturated carbocycles. The average Bonchev–Trinajstić information content (AvgIpc) is 3.32. The zero-order chi connectivity index (χ0) is 15.7. The van der Waals surface area contributed by atoms with Gasteiger partial charge in [0, 0.05) is 0 Å². The van der Waals surface area contributed by atoms with E-state index in [1.165, 1.54) is 0 Å². The van der Waals surface area contributed by atoms with Crippen molar-refractivity contribution in [2.45, 2.75) is 31.7 Å². The van der Waals surface area contributed by atoms with E-state index >= 15 is 0 Å². The highest BCUT2D eigenvalue weighted by molar-refractivity contribution is 6.32. The Morgan fingerprint density at radius 2 is 2.18 bits per heavy atom. The molecule has 1 fully saturated rings. The van der Waals surface area contributed by atoms with Crippen molar-refractivity contribution in [1.82, 2.24) is 5.32 Å². The van der Waals surface area contributed by atoms with Crippen molar-refractivity contribution < 1.29 is 14.3 Å². The third kappa shape index (κ3) is 2.97. The Balaban J connectivity index is 1.72. The summed E-state index contributed by atoms with van der Waals surface area (Å²) in [6.45, 7) is 2.71. The Hall–Kier alpha value is -1.93. The summed E-state index contributed by atoms with van der Waals surface area (Å²) in [4.78, 5) is 12.2. The van der Waals surface area contributed by atoms with E-state index in [1.54, 1.807) is 19.1 Å². The van der Waals surface area contributed by atoms with E-state index in [1.807, 2.05) is 0 Å². The maximum absolute atomic E-state index is 12.2. The van der Waals surface area contributed by atoms with Gasteiger partial charge in [0.15, 0.2) is 11.5 Å². The molecule has 1 unspecified atom stereocenters. The molecule has 0 radical (unpaired) electrons. The molecule has 6 heteroatoms. The zero-order valence-electron chi connectivity index (χ0n) is 12.3. The van der Waals surface area contributed by atoms with Gasteiger partial charge in [-0.1, -0.05) is 11.6 Å². The van der Waals surface area contributed by atoms with Gasteiger partial charge in [0.2, 0.25) is 5.91 Å². The van der Waals surface area contributed by atoms with Gasteiger partial charge in [-0.2, -0.15) is 5.26 Å². The summed E-state index contributed by atoms with van der Waals surface area (Å²) >= 11 is 6.16. The van der Waals surface area contributed by atoms with Crippen molar-refractivity contribution >= 4 is 17.5 Å². The van der Waals surface area contributed by atoms with Gasteiger partial charge < -0.3 is 14.8 Å². The van der Waals surface area contributed by atoms with E-state index < -0.39 is 5.54 Å². The molecule has 1 aromatic carbocycles. The van der Waals surface area contributed by atoms with Crippen molar-refractivity contribution in [3.05, 3.63) is 22.7 Å². The fraction of sp³-hybridized carbons (Fsp3) is 0.500. The van der Waals surface area contributed by atoms with Crippen LogP contribution in [0.2, 0.25) is 5.02 Å². The summed E-state index contributed by atoms with van der Waals surface area (Å²) in [6, 6.07) is 5.68. The molecule has 22 heavy (non-hydrogen) atoms. The minimum absolute atomic E-state index is 0.153. The summed E-state index contributed by atoms with van der Waals surface area (Å²) < 4.78 is 11.0. The van der Waals surface area contributed by atoms with E-state index in [0.717, 1.165) is 18.4 Å². The zero-order valence-corrected chi connectivity index (χ0v) is 13.1. The number of halogens is 1. The number of benzene rings is 1. The molecule has 1 aliphatic carbocycles. The van der Waals surface area contributed by atoms with E-state index in [2.05, 4.69) is 11.4 Å². The molecule has 5 nitrogen and oxygen atoms in total. The molecule has 3 rings (SSSR count). The Morgan fingerprint density at radius 1 is 1.45 bits per heavy atom. The molecular weight excluding hydrogens is 304 g/mol. The third-order valence-corrected chi connectivity index (χ3v) is 4.33. The third-order valence-electron chi connectivity index (χ3n) is 4.05. The highest BCUT2D eigenvalue weighted by atomic mass is 35.5. The minimum Gasteiger partial charge on any atom is -0.486 e. The number of carbonyl (C=O) groups excluding carboxylic acids is 1. The molecule has 0 aromatic heterocycles. The number of nitriles is 1. The molecule has 116 valence electrons. The van der Waals surface area contributed by atoms with Crippen LogP contribution in [0.1, 0.15) is 25.3 Å². The van der Waals surface area contributed by atoms with Gasteiger partial charge in [0.1, 0.15) is 18.8 Å². The van der Waals surface area contributed by atoms with Crippen molar-refractivity contribution in [2.75, 3.05) is 13.2 Å². The number of ether oxygens (including phenoxy) is 2. The Kier molecular flexibility index (Phi) is 3.88. The molecule has 0 spiro atoms. The Labute approximate surface area is 134 Å². The molecule has 0 bridgehead atoms. The van der Waals surface area contributed by atoms with E-state index in [0.29, 0.717) is 29.7 Å². The summed E-state index contributed by atoms with van der Waals surface area (Å²) in [5.41, 5.74) is -0.0443. The standard InChI is InChI=1S/C16H17ClN2O3/c1-16(9-18,11-2-3-11)19-14(20)8-10-6-12(17)15-13(7-10)21-4-5-22-15/h6-7,11H,2-5,8H2,1H3,(H,19,20). The Morgan fingerprint density at radius 3 is 2.86 bits per heavy atom. The van der Waals surface area contributed by atoms with Gasteiger partial charge >= 0.3 is 0 Å². The minimum atomic E-state index is -0.783. The summed E-state index contributed by atoms with van der Waals surface area (Å²) in [5, 5.41) is 12.6. The second-order valence-corrected chi connectivity index (χ2v) is 6.32. The van der Waals surface area contributed by atoms with Crippen LogP contribution in [-0.4, -0.2) is 24.7 Å². The maximum Gasteiger partial charge on any atom is 0.225 e. The van der Waals surface area contributed by atoms with Crippen LogP contribution < -0.4 is 14.8 Å². The predicted molar refractivity (Wildman–Crippen MR) is 81.0 cm³/mol. The Bertz CT molecular complexity index is 652. The van der Waals surface area contributed by atoms with Crippen LogP contribution in [0, 0.1) is 17.2 Å². The number of nitrogens with zero attached hydrogens (tertiary/aromatic N) is 1. The second-order valence-electron chi connectivity index (χ2n) is 5.92. The van der Waals surface area contributed by atoms with Crippen LogP contribution in [0.5, 0.6) is 11.5 Å². The van der Waals surface area contributed by atoms with Crippen molar-refractivity contribution in [3.8, 4) is 17.6 Å². The quantitative estimate of drug-likeness (QED) is 0.925. The molecule has 2 aliphatic rings. The average molecular weight is 321 g/mol.